The first-order valence-electron chi connectivity index (χ1n) is 8.38. The molecule has 1 saturated carbocycles. The standard InChI is InChI=1S/C17H29N3O/c1-5-7-18-16-15(6-2)17(20-11-19-16)21-14-9-12(3)8-13(4)10-14/h11-14H,5-10H2,1-4H3,(H,18,19,20). The Morgan fingerprint density at radius 2 is 1.86 bits per heavy atom. The van der Waals surface area contributed by atoms with Crippen molar-refractivity contribution >= 4 is 5.82 Å². The Kier molecular flexibility index (Phi) is 5.83. The number of nitrogens with one attached hydrogen (secondary N) is 1. The lowest BCUT2D eigenvalue weighted by Gasteiger charge is -2.31. The van der Waals surface area contributed by atoms with Crippen LogP contribution in [-0.2, 0) is 6.42 Å². The third kappa shape index (κ3) is 4.32. The molecule has 118 valence electrons. The van der Waals surface area contributed by atoms with Gasteiger partial charge >= 0.3 is 0 Å². The van der Waals surface area contributed by atoms with Crippen LogP contribution < -0.4 is 10.1 Å². The molecule has 2 unspecified atom stereocenters. The summed E-state index contributed by atoms with van der Waals surface area (Å²) < 4.78 is 6.25. The van der Waals surface area contributed by atoms with Crippen LogP contribution in [0.4, 0.5) is 5.82 Å². The number of ether oxygens (including phenoxy) is 1. The minimum atomic E-state index is 0.294. The maximum absolute atomic E-state index is 6.25. The van der Waals surface area contributed by atoms with Crippen LogP contribution in [0.25, 0.3) is 0 Å². The molecule has 1 aliphatic rings. The van der Waals surface area contributed by atoms with Gasteiger partial charge in [-0.05, 0) is 43.9 Å². The summed E-state index contributed by atoms with van der Waals surface area (Å²) in [6.07, 6.45) is 7.46. The smallest absolute Gasteiger partial charge is 0.222 e. The van der Waals surface area contributed by atoms with Crippen molar-refractivity contribution in [3.8, 4) is 5.88 Å². The van der Waals surface area contributed by atoms with Gasteiger partial charge in [0.1, 0.15) is 18.2 Å². The van der Waals surface area contributed by atoms with Gasteiger partial charge in [-0.2, -0.15) is 0 Å². The summed E-state index contributed by atoms with van der Waals surface area (Å²) in [4.78, 5) is 8.76. The van der Waals surface area contributed by atoms with Crippen LogP contribution in [0.1, 0.15) is 58.9 Å². The van der Waals surface area contributed by atoms with Gasteiger partial charge in [0, 0.05) is 6.54 Å². The summed E-state index contributed by atoms with van der Waals surface area (Å²) in [7, 11) is 0. The number of nitrogens with zero attached hydrogens (tertiary/aromatic N) is 2. The minimum Gasteiger partial charge on any atom is -0.474 e. The molecule has 1 aromatic rings. The summed E-state index contributed by atoms with van der Waals surface area (Å²) in [5.41, 5.74) is 1.11. The largest absolute Gasteiger partial charge is 0.474 e. The highest BCUT2D eigenvalue weighted by molar-refractivity contribution is 5.48. The van der Waals surface area contributed by atoms with Crippen molar-refractivity contribution in [1.82, 2.24) is 9.97 Å². The van der Waals surface area contributed by atoms with Crippen LogP contribution in [0.2, 0.25) is 0 Å². The van der Waals surface area contributed by atoms with Gasteiger partial charge in [-0.1, -0.05) is 27.7 Å². The molecule has 0 aliphatic heterocycles. The number of hydrogen-bond acceptors (Lipinski definition) is 4. The van der Waals surface area contributed by atoms with Crippen LogP contribution in [-0.4, -0.2) is 22.6 Å². The van der Waals surface area contributed by atoms with Crippen molar-refractivity contribution in [3.05, 3.63) is 11.9 Å². The lowest BCUT2D eigenvalue weighted by atomic mass is 9.82. The zero-order chi connectivity index (χ0) is 15.2. The van der Waals surface area contributed by atoms with Crippen LogP contribution >= 0.6 is 0 Å². The lowest BCUT2D eigenvalue weighted by molar-refractivity contribution is 0.0956. The molecule has 0 saturated heterocycles. The first-order chi connectivity index (χ1) is 10.1. The zero-order valence-electron chi connectivity index (χ0n) is 13.9. The monoisotopic (exact) mass is 291 g/mol. The molecule has 4 heteroatoms. The van der Waals surface area contributed by atoms with E-state index in [1.165, 1.54) is 6.42 Å². The first-order valence-corrected chi connectivity index (χ1v) is 8.38. The van der Waals surface area contributed by atoms with Gasteiger partial charge in [0.25, 0.3) is 0 Å². The van der Waals surface area contributed by atoms with Gasteiger partial charge in [0.15, 0.2) is 0 Å². The second kappa shape index (κ2) is 7.62. The van der Waals surface area contributed by atoms with Crippen molar-refractivity contribution < 1.29 is 4.74 Å². The normalized spacial score (nSPS) is 25.6. The average molecular weight is 291 g/mol. The number of anilines is 1. The third-order valence-electron chi connectivity index (χ3n) is 4.22. The fraction of sp³-hybridized carbons (Fsp3) is 0.765. The van der Waals surface area contributed by atoms with Crippen molar-refractivity contribution in [2.45, 2.75) is 65.9 Å². The summed E-state index contributed by atoms with van der Waals surface area (Å²) in [5, 5.41) is 3.38. The van der Waals surface area contributed by atoms with Crippen molar-refractivity contribution in [2.24, 2.45) is 11.8 Å². The Balaban J connectivity index is 2.11. The predicted molar refractivity (Wildman–Crippen MR) is 86.8 cm³/mol. The summed E-state index contributed by atoms with van der Waals surface area (Å²) in [6, 6.07) is 0. The van der Waals surface area contributed by atoms with E-state index in [2.05, 4.69) is 43.0 Å². The highest BCUT2D eigenvalue weighted by Gasteiger charge is 2.26. The van der Waals surface area contributed by atoms with E-state index in [0.717, 1.165) is 61.3 Å². The summed E-state index contributed by atoms with van der Waals surface area (Å²) in [5.74, 6) is 3.19. The van der Waals surface area contributed by atoms with Crippen LogP contribution in [0.3, 0.4) is 0 Å². The van der Waals surface area contributed by atoms with E-state index in [-0.39, 0.29) is 0 Å². The molecule has 4 nitrogen and oxygen atoms in total. The molecule has 1 aromatic heterocycles. The van der Waals surface area contributed by atoms with Gasteiger partial charge < -0.3 is 10.1 Å². The number of aromatic nitrogens is 2. The van der Waals surface area contributed by atoms with Gasteiger partial charge in [-0.25, -0.2) is 9.97 Å². The predicted octanol–water partition coefficient (Wildman–Crippen LogP) is 4.06. The lowest BCUT2D eigenvalue weighted by Crippen LogP contribution is -2.29. The Bertz CT molecular complexity index is 440. The second-order valence-corrected chi connectivity index (χ2v) is 6.44. The second-order valence-electron chi connectivity index (χ2n) is 6.44. The van der Waals surface area contributed by atoms with E-state index in [9.17, 15) is 0 Å². The number of hydrogen-bond donors (Lipinski definition) is 1. The van der Waals surface area contributed by atoms with E-state index in [4.69, 9.17) is 4.74 Å². The SMILES string of the molecule is CCCNc1ncnc(OC2CC(C)CC(C)C2)c1CC. The van der Waals surface area contributed by atoms with E-state index in [1.807, 2.05) is 0 Å². The fourth-order valence-electron chi connectivity index (χ4n) is 3.34. The molecule has 0 amide bonds. The maximum atomic E-state index is 6.25. The molecule has 0 aromatic carbocycles. The van der Waals surface area contributed by atoms with E-state index < -0.39 is 0 Å². The van der Waals surface area contributed by atoms with Crippen LogP contribution in [0.5, 0.6) is 5.88 Å². The third-order valence-corrected chi connectivity index (χ3v) is 4.22. The van der Waals surface area contributed by atoms with Crippen LogP contribution in [0, 0.1) is 11.8 Å². The maximum Gasteiger partial charge on any atom is 0.222 e. The molecule has 1 heterocycles. The fourth-order valence-corrected chi connectivity index (χ4v) is 3.34. The molecule has 2 atom stereocenters. The molecule has 1 fully saturated rings. The van der Waals surface area contributed by atoms with Gasteiger partial charge in [0.2, 0.25) is 5.88 Å². The van der Waals surface area contributed by atoms with Crippen molar-refractivity contribution in [3.63, 3.8) is 0 Å². The molecular formula is C17H29N3O. The van der Waals surface area contributed by atoms with E-state index in [0.29, 0.717) is 6.10 Å². The van der Waals surface area contributed by atoms with Gasteiger partial charge in [-0.3, -0.25) is 0 Å². The molecule has 21 heavy (non-hydrogen) atoms. The highest BCUT2D eigenvalue weighted by Crippen LogP contribution is 2.32. The molecule has 0 spiro atoms. The molecule has 1 aliphatic carbocycles. The Morgan fingerprint density at radius 3 is 2.48 bits per heavy atom. The zero-order valence-corrected chi connectivity index (χ0v) is 13.9. The van der Waals surface area contributed by atoms with E-state index >= 15 is 0 Å². The summed E-state index contributed by atoms with van der Waals surface area (Å²) >= 11 is 0. The molecule has 2 rings (SSSR count). The quantitative estimate of drug-likeness (QED) is 0.858. The Morgan fingerprint density at radius 1 is 1.14 bits per heavy atom. The van der Waals surface area contributed by atoms with E-state index in [1.54, 1.807) is 6.33 Å². The average Bonchev–Trinajstić information content (AvgIpc) is 2.44. The Hall–Kier alpha value is -1.32. The van der Waals surface area contributed by atoms with Gasteiger partial charge in [0.05, 0.1) is 5.56 Å². The van der Waals surface area contributed by atoms with Crippen molar-refractivity contribution in [2.75, 3.05) is 11.9 Å². The molecule has 0 radical (unpaired) electrons. The molecule has 1 N–H and O–H groups in total. The Labute approximate surface area is 128 Å². The van der Waals surface area contributed by atoms with Crippen LogP contribution in [0.15, 0.2) is 6.33 Å². The molecular weight excluding hydrogens is 262 g/mol. The topological polar surface area (TPSA) is 47.0 Å². The van der Waals surface area contributed by atoms with Crippen molar-refractivity contribution in [1.29, 1.82) is 0 Å². The van der Waals surface area contributed by atoms with Gasteiger partial charge in [-0.15, -0.1) is 0 Å². The first kappa shape index (κ1) is 16.1. The highest BCUT2D eigenvalue weighted by atomic mass is 16.5. The minimum absolute atomic E-state index is 0.294. The molecule has 0 bridgehead atoms. The summed E-state index contributed by atoms with van der Waals surface area (Å²) in [6.45, 7) is 9.86. The number of rotatable bonds is 6.